The van der Waals surface area contributed by atoms with Crippen LogP contribution in [0, 0.1) is 5.92 Å². The summed E-state index contributed by atoms with van der Waals surface area (Å²) in [5.74, 6) is 0.978. The molecular weight excluding hydrogens is 236 g/mol. The Morgan fingerprint density at radius 1 is 1.05 bits per heavy atom. The summed E-state index contributed by atoms with van der Waals surface area (Å²) in [6.45, 7) is 10.5. The van der Waals surface area contributed by atoms with Gasteiger partial charge in [-0.25, -0.2) is 0 Å². The van der Waals surface area contributed by atoms with Crippen LogP contribution in [0.2, 0.25) is 0 Å². The van der Waals surface area contributed by atoms with E-state index in [0.717, 1.165) is 19.0 Å². The van der Waals surface area contributed by atoms with Crippen LogP contribution in [0.5, 0.6) is 0 Å². The van der Waals surface area contributed by atoms with E-state index in [0.29, 0.717) is 12.2 Å². The third kappa shape index (κ3) is 5.05. The standard InChI is InChI=1S/C16H32N2O/c1-3-9-17-12-15-5-6-16(19-15)13-18-10-7-14(4-2)8-11-18/h14-17H,3-13H2,1-2H3. The highest BCUT2D eigenvalue weighted by atomic mass is 16.5. The molecule has 2 atom stereocenters. The van der Waals surface area contributed by atoms with Crippen molar-refractivity contribution in [3.63, 3.8) is 0 Å². The van der Waals surface area contributed by atoms with Gasteiger partial charge in [-0.3, -0.25) is 0 Å². The molecule has 2 aliphatic rings. The van der Waals surface area contributed by atoms with Gasteiger partial charge in [0.1, 0.15) is 0 Å². The van der Waals surface area contributed by atoms with E-state index in [1.54, 1.807) is 0 Å². The third-order valence-corrected chi connectivity index (χ3v) is 4.74. The topological polar surface area (TPSA) is 24.5 Å². The van der Waals surface area contributed by atoms with E-state index in [9.17, 15) is 0 Å². The van der Waals surface area contributed by atoms with E-state index in [2.05, 4.69) is 24.1 Å². The van der Waals surface area contributed by atoms with Crippen molar-refractivity contribution in [3.8, 4) is 0 Å². The Balaban J connectivity index is 1.60. The molecule has 2 heterocycles. The molecule has 2 aliphatic heterocycles. The first-order chi connectivity index (χ1) is 9.31. The molecule has 2 unspecified atom stereocenters. The van der Waals surface area contributed by atoms with Crippen molar-refractivity contribution in [1.82, 2.24) is 10.2 Å². The van der Waals surface area contributed by atoms with Crippen LogP contribution in [0.4, 0.5) is 0 Å². The molecule has 2 rings (SSSR count). The molecule has 0 bridgehead atoms. The molecule has 2 fully saturated rings. The third-order valence-electron chi connectivity index (χ3n) is 4.74. The zero-order valence-electron chi connectivity index (χ0n) is 12.9. The summed E-state index contributed by atoms with van der Waals surface area (Å²) in [7, 11) is 0. The van der Waals surface area contributed by atoms with Crippen LogP contribution < -0.4 is 5.32 Å². The number of rotatable bonds is 7. The van der Waals surface area contributed by atoms with E-state index in [1.807, 2.05) is 0 Å². The fraction of sp³-hybridized carbons (Fsp3) is 1.00. The normalized spacial score (nSPS) is 30.0. The lowest BCUT2D eigenvalue weighted by atomic mass is 9.94. The highest BCUT2D eigenvalue weighted by molar-refractivity contribution is 4.80. The summed E-state index contributed by atoms with van der Waals surface area (Å²) in [4.78, 5) is 2.62. The SMILES string of the molecule is CCCNCC1CCC(CN2CCC(CC)CC2)O1. The van der Waals surface area contributed by atoms with Crippen LogP contribution in [0.3, 0.4) is 0 Å². The maximum atomic E-state index is 6.16. The van der Waals surface area contributed by atoms with Gasteiger partial charge in [0.05, 0.1) is 12.2 Å². The van der Waals surface area contributed by atoms with Crippen LogP contribution in [-0.4, -0.2) is 49.8 Å². The summed E-state index contributed by atoms with van der Waals surface area (Å²) < 4.78 is 6.16. The van der Waals surface area contributed by atoms with E-state index < -0.39 is 0 Å². The van der Waals surface area contributed by atoms with Crippen LogP contribution in [-0.2, 0) is 4.74 Å². The van der Waals surface area contributed by atoms with Crippen molar-refractivity contribution in [2.45, 2.75) is 64.6 Å². The molecule has 1 N–H and O–H groups in total. The second-order valence-electron chi connectivity index (χ2n) is 6.31. The molecule has 0 spiro atoms. The largest absolute Gasteiger partial charge is 0.372 e. The molecule has 0 saturated carbocycles. The number of nitrogens with one attached hydrogen (secondary N) is 1. The van der Waals surface area contributed by atoms with Crippen LogP contribution in [0.25, 0.3) is 0 Å². The van der Waals surface area contributed by atoms with Crippen LogP contribution in [0.1, 0.15) is 52.4 Å². The van der Waals surface area contributed by atoms with Gasteiger partial charge in [-0.05, 0) is 57.7 Å². The van der Waals surface area contributed by atoms with Gasteiger partial charge in [-0.15, -0.1) is 0 Å². The van der Waals surface area contributed by atoms with E-state index in [1.165, 1.54) is 58.2 Å². The first kappa shape index (κ1) is 15.3. The van der Waals surface area contributed by atoms with Crippen molar-refractivity contribution in [1.29, 1.82) is 0 Å². The molecule has 3 nitrogen and oxygen atoms in total. The average Bonchev–Trinajstić information content (AvgIpc) is 2.88. The lowest BCUT2D eigenvalue weighted by molar-refractivity contribution is 0.0166. The maximum absolute atomic E-state index is 6.16. The van der Waals surface area contributed by atoms with Gasteiger partial charge < -0.3 is 15.0 Å². The number of hydrogen-bond acceptors (Lipinski definition) is 3. The monoisotopic (exact) mass is 268 g/mol. The quantitative estimate of drug-likeness (QED) is 0.718. The lowest BCUT2D eigenvalue weighted by Crippen LogP contribution is -2.39. The van der Waals surface area contributed by atoms with Crippen molar-refractivity contribution in [3.05, 3.63) is 0 Å². The second-order valence-corrected chi connectivity index (χ2v) is 6.31. The highest BCUT2D eigenvalue weighted by Crippen LogP contribution is 2.24. The number of nitrogens with zero attached hydrogens (tertiary/aromatic N) is 1. The van der Waals surface area contributed by atoms with E-state index >= 15 is 0 Å². The Bertz CT molecular complexity index is 239. The molecule has 2 saturated heterocycles. The smallest absolute Gasteiger partial charge is 0.0707 e. The number of hydrogen-bond donors (Lipinski definition) is 1. The molecule has 0 aromatic heterocycles. The fourth-order valence-corrected chi connectivity index (χ4v) is 3.37. The zero-order chi connectivity index (χ0) is 13.5. The Morgan fingerprint density at radius 2 is 1.79 bits per heavy atom. The Kier molecular flexibility index (Phi) is 6.62. The second kappa shape index (κ2) is 8.23. The molecule has 0 aromatic rings. The van der Waals surface area contributed by atoms with Gasteiger partial charge in [0.25, 0.3) is 0 Å². The van der Waals surface area contributed by atoms with Gasteiger partial charge in [0.2, 0.25) is 0 Å². The number of likely N-dealkylation sites (tertiary alicyclic amines) is 1. The number of ether oxygens (including phenoxy) is 1. The summed E-state index contributed by atoms with van der Waals surface area (Å²) >= 11 is 0. The first-order valence-electron chi connectivity index (χ1n) is 8.40. The maximum Gasteiger partial charge on any atom is 0.0707 e. The van der Waals surface area contributed by atoms with Gasteiger partial charge >= 0.3 is 0 Å². The minimum absolute atomic E-state index is 0.463. The molecule has 112 valence electrons. The number of piperidine rings is 1. The average molecular weight is 268 g/mol. The minimum Gasteiger partial charge on any atom is -0.372 e. The van der Waals surface area contributed by atoms with Gasteiger partial charge in [-0.2, -0.15) is 0 Å². The summed E-state index contributed by atoms with van der Waals surface area (Å²) in [5, 5.41) is 3.48. The van der Waals surface area contributed by atoms with Crippen molar-refractivity contribution < 1.29 is 4.74 Å². The Labute approximate surface area is 119 Å². The summed E-state index contributed by atoms with van der Waals surface area (Å²) in [6.07, 6.45) is 8.81. The minimum atomic E-state index is 0.463. The van der Waals surface area contributed by atoms with Crippen molar-refractivity contribution >= 4 is 0 Å². The Morgan fingerprint density at radius 3 is 2.47 bits per heavy atom. The van der Waals surface area contributed by atoms with E-state index in [-0.39, 0.29) is 0 Å². The molecule has 19 heavy (non-hydrogen) atoms. The molecule has 0 aromatic carbocycles. The molecule has 0 radical (unpaired) electrons. The summed E-state index contributed by atoms with van der Waals surface area (Å²) in [6, 6.07) is 0. The highest BCUT2D eigenvalue weighted by Gasteiger charge is 2.27. The van der Waals surface area contributed by atoms with Gasteiger partial charge in [0, 0.05) is 13.1 Å². The fourth-order valence-electron chi connectivity index (χ4n) is 3.37. The summed E-state index contributed by atoms with van der Waals surface area (Å²) in [5.41, 5.74) is 0. The van der Waals surface area contributed by atoms with Crippen molar-refractivity contribution in [2.24, 2.45) is 5.92 Å². The predicted octanol–water partition coefficient (Wildman–Crippen LogP) is 2.66. The molecule has 0 amide bonds. The molecule has 3 heteroatoms. The van der Waals surface area contributed by atoms with Crippen molar-refractivity contribution in [2.75, 3.05) is 32.7 Å². The first-order valence-corrected chi connectivity index (χ1v) is 8.40. The van der Waals surface area contributed by atoms with Crippen LogP contribution in [0.15, 0.2) is 0 Å². The zero-order valence-corrected chi connectivity index (χ0v) is 12.9. The molecular formula is C16H32N2O. The van der Waals surface area contributed by atoms with E-state index in [4.69, 9.17) is 4.74 Å². The van der Waals surface area contributed by atoms with Gasteiger partial charge in [-0.1, -0.05) is 20.3 Å². The van der Waals surface area contributed by atoms with Crippen LogP contribution >= 0.6 is 0 Å². The Hall–Kier alpha value is -0.120. The van der Waals surface area contributed by atoms with Gasteiger partial charge in [0.15, 0.2) is 0 Å². The predicted molar refractivity (Wildman–Crippen MR) is 80.5 cm³/mol. The lowest BCUT2D eigenvalue weighted by Gasteiger charge is -2.33. The molecule has 0 aliphatic carbocycles.